The molecule has 0 bridgehead atoms. The highest BCUT2D eigenvalue weighted by atomic mass is 35.5. The Hall–Kier alpha value is -3.06. The fraction of sp³-hybridized carbons (Fsp3) is 0.167. The molecule has 0 atom stereocenters. The molecular formula is C18H17ClN2O5. The lowest BCUT2D eigenvalue weighted by molar-refractivity contribution is -0.123. The lowest BCUT2D eigenvalue weighted by Crippen LogP contribution is -2.21. The molecule has 0 fully saturated rings. The fourth-order valence-corrected chi connectivity index (χ4v) is 2.25. The van der Waals surface area contributed by atoms with Crippen LogP contribution < -0.4 is 15.4 Å². The number of benzene rings is 2. The monoisotopic (exact) mass is 376 g/mol. The number of methoxy groups -OCH3 is 2. The van der Waals surface area contributed by atoms with E-state index in [2.05, 4.69) is 15.4 Å². The molecule has 0 heterocycles. The highest BCUT2D eigenvalue weighted by molar-refractivity contribution is 6.34. The van der Waals surface area contributed by atoms with Crippen molar-refractivity contribution in [1.82, 2.24) is 0 Å². The molecule has 136 valence electrons. The Morgan fingerprint density at radius 1 is 0.962 bits per heavy atom. The van der Waals surface area contributed by atoms with Crippen LogP contribution in [0.25, 0.3) is 0 Å². The molecule has 0 aliphatic heterocycles. The van der Waals surface area contributed by atoms with Crippen LogP contribution in [0.1, 0.15) is 16.8 Å². The van der Waals surface area contributed by atoms with Gasteiger partial charge in [-0.2, -0.15) is 0 Å². The zero-order chi connectivity index (χ0) is 19.1. The van der Waals surface area contributed by atoms with Gasteiger partial charge in [0.25, 0.3) is 0 Å². The van der Waals surface area contributed by atoms with Gasteiger partial charge in [0.2, 0.25) is 11.8 Å². The van der Waals surface area contributed by atoms with E-state index < -0.39 is 24.2 Å². The minimum absolute atomic E-state index is 0.219. The van der Waals surface area contributed by atoms with Crippen molar-refractivity contribution in [2.24, 2.45) is 0 Å². The molecule has 2 N–H and O–H groups in total. The van der Waals surface area contributed by atoms with Crippen molar-refractivity contribution >= 4 is 40.8 Å². The largest absolute Gasteiger partial charge is 0.497 e. The first-order valence-corrected chi connectivity index (χ1v) is 7.92. The SMILES string of the molecule is COC(=O)c1ccc(Cl)c(NC(=O)CC(=O)Nc2ccc(OC)cc2)c1. The third kappa shape index (κ3) is 5.22. The van der Waals surface area contributed by atoms with Gasteiger partial charge in [-0.15, -0.1) is 0 Å². The van der Waals surface area contributed by atoms with Crippen molar-refractivity contribution < 1.29 is 23.9 Å². The van der Waals surface area contributed by atoms with E-state index in [0.29, 0.717) is 11.4 Å². The summed E-state index contributed by atoms with van der Waals surface area (Å²) in [6, 6.07) is 11.0. The van der Waals surface area contributed by atoms with Gasteiger partial charge in [0.05, 0.1) is 30.5 Å². The van der Waals surface area contributed by atoms with Crippen molar-refractivity contribution in [3.63, 3.8) is 0 Å². The van der Waals surface area contributed by atoms with Crippen molar-refractivity contribution in [2.45, 2.75) is 6.42 Å². The zero-order valence-corrected chi connectivity index (χ0v) is 14.9. The zero-order valence-electron chi connectivity index (χ0n) is 14.2. The number of esters is 1. The first-order valence-electron chi connectivity index (χ1n) is 7.54. The number of ether oxygens (including phenoxy) is 2. The third-order valence-corrected chi connectivity index (χ3v) is 3.69. The van der Waals surface area contributed by atoms with Crippen molar-refractivity contribution in [3.05, 3.63) is 53.1 Å². The van der Waals surface area contributed by atoms with Crippen LogP contribution >= 0.6 is 11.6 Å². The van der Waals surface area contributed by atoms with Crippen molar-refractivity contribution in [3.8, 4) is 5.75 Å². The standard InChI is InChI=1S/C18H17ClN2O5/c1-25-13-6-4-12(5-7-13)20-16(22)10-17(23)21-15-9-11(18(24)26-2)3-8-14(15)19/h3-9H,10H2,1-2H3,(H,20,22)(H,21,23). The predicted octanol–water partition coefficient (Wildman–Crippen LogP) is 3.10. The Balaban J connectivity index is 1.97. The molecule has 26 heavy (non-hydrogen) atoms. The van der Waals surface area contributed by atoms with E-state index in [-0.39, 0.29) is 16.3 Å². The summed E-state index contributed by atoms with van der Waals surface area (Å²) in [7, 11) is 2.79. The van der Waals surface area contributed by atoms with Gasteiger partial charge in [0.1, 0.15) is 12.2 Å². The summed E-state index contributed by atoms with van der Waals surface area (Å²) in [6.45, 7) is 0. The summed E-state index contributed by atoms with van der Waals surface area (Å²) >= 11 is 6.00. The molecule has 2 amide bonds. The van der Waals surface area contributed by atoms with E-state index in [9.17, 15) is 14.4 Å². The van der Waals surface area contributed by atoms with Gasteiger partial charge in [-0.05, 0) is 42.5 Å². The summed E-state index contributed by atoms with van der Waals surface area (Å²) in [6.07, 6.45) is -0.412. The number of hydrogen-bond acceptors (Lipinski definition) is 5. The van der Waals surface area contributed by atoms with E-state index in [1.807, 2.05) is 0 Å². The van der Waals surface area contributed by atoms with Gasteiger partial charge in [0, 0.05) is 5.69 Å². The molecular weight excluding hydrogens is 360 g/mol. The maximum absolute atomic E-state index is 12.0. The Morgan fingerprint density at radius 2 is 1.62 bits per heavy atom. The average Bonchev–Trinajstić information content (AvgIpc) is 2.63. The normalized spacial score (nSPS) is 9.96. The Morgan fingerprint density at radius 3 is 2.23 bits per heavy atom. The summed E-state index contributed by atoms with van der Waals surface area (Å²) in [5, 5.41) is 5.34. The number of hydrogen-bond donors (Lipinski definition) is 2. The van der Waals surface area contributed by atoms with E-state index >= 15 is 0 Å². The van der Waals surface area contributed by atoms with E-state index in [4.69, 9.17) is 16.3 Å². The van der Waals surface area contributed by atoms with Gasteiger partial charge in [-0.1, -0.05) is 11.6 Å². The maximum atomic E-state index is 12.0. The molecule has 2 aromatic rings. The minimum Gasteiger partial charge on any atom is -0.497 e. The molecule has 0 saturated carbocycles. The topological polar surface area (TPSA) is 93.7 Å². The Bertz CT molecular complexity index is 821. The van der Waals surface area contributed by atoms with Crippen LogP contribution in [-0.2, 0) is 14.3 Å². The Kier molecular flexibility index (Phi) is 6.57. The number of anilines is 2. The first kappa shape index (κ1) is 19.3. The third-order valence-electron chi connectivity index (χ3n) is 3.36. The maximum Gasteiger partial charge on any atom is 0.337 e. The summed E-state index contributed by atoms with van der Waals surface area (Å²) in [5.41, 5.74) is 0.987. The fourth-order valence-electron chi connectivity index (χ4n) is 2.09. The molecule has 0 aliphatic carbocycles. The molecule has 0 saturated heterocycles. The highest BCUT2D eigenvalue weighted by Gasteiger charge is 2.14. The average molecular weight is 377 g/mol. The summed E-state index contributed by atoms with van der Waals surface area (Å²) in [4.78, 5) is 35.6. The molecule has 0 unspecified atom stereocenters. The number of halogens is 1. The van der Waals surface area contributed by atoms with Crippen molar-refractivity contribution in [1.29, 1.82) is 0 Å². The van der Waals surface area contributed by atoms with Gasteiger partial charge >= 0.3 is 5.97 Å². The predicted molar refractivity (Wildman–Crippen MR) is 97.7 cm³/mol. The number of rotatable bonds is 6. The molecule has 2 rings (SSSR count). The van der Waals surface area contributed by atoms with E-state index in [1.165, 1.54) is 32.4 Å². The van der Waals surface area contributed by atoms with Gasteiger partial charge < -0.3 is 20.1 Å². The van der Waals surface area contributed by atoms with Crippen LogP contribution in [0, 0.1) is 0 Å². The van der Waals surface area contributed by atoms with E-state index in [0.717, 1.165) is 0 Å². The minimum atomic E-state index is -0.570. The van der Waals surface area contributed by atoms with Gasteiger partial charge in [-0.3, -0.25) is 9.59 Å². The second kappa shape index (κ2) is 8.87. The summed E-state index contributed by atoms with van der Waals surface area (Å²) in [5.74, 6) is -0.969. The number of carbonyl (C=O) groups is 3. The highest BCUT2D eigenvalue weighted by Crippen LogP contribution is 2.23. The van der Waals surface area contributed by atoms with Crippen LogP contribution in [0.4, 0.5) is 11.4 Å². The van der Waals surface area contributed by atoms with Crippen LogP contribution in [0.3, 0.4) is 0 Å². The molecule has 0 radical (unpaired) electrons. The van der Waals surface area contributed by atoms with Crippen LogP contribution in [-0.4, -0.2) is 32.0 Å². The smallest absolute Gasteiger partial charge is 0.337 e. The second-order valence-corrected chi connectivity index (χ2v) is 5.60. The quantitative estimate of drug-likeness (QED) is 0.596. The number of carbonyl (C=O) groups excluding carboxylic acids is 3. The molecule has 7 nitrogen and oxygen atoms in total. The number of amides is 2. The van der Waals surface area contributed by atoms with Crippen LogP contribution in [0.15, 0.2) is 42.5 Å². The van der Waals surface area contributed by atoms with Gasteiger partial charge in [0.15, 0.2) is 0 Å². The van der Waals surface area contributed by atoms with Gasteiger partial charge in [-0.25, -0.2) is 4.79 Å². The van der Waals surface area contributed by atoms with Crippen molar-refractivity contribution in [2.75, 3.05) is 24.9 Å². The first-order chi connectivity index (χ1) is 12.4. The Labute approximate surface area is 155 Å². The van der Waals surface area contributed by atoms with Crippen LogP contribution in [0.5, 0.6) is 5.75 Å². The molecule has 0 spiro atoms. The molecule has 2 aromatic carbocycles. The summed E-state index contributed by atoms with van der Waals surface area (Å²) < 4.78 is 9.64. The lowest BCUT2D eigenvalue weighted by Gasteiger charge is -2.09. The molecule has 8 heteroatoms. The lowest BCUT2D eigenvalue weighted by atomic mass is 10.2. The second-order valence-electron chi connectivity index (χ2n) is 5.19. The number of nitrogens with one attached hydrogen (secondary N) is 2. The molecule has 0 aromatic heterocycles. The molecule has 0 aliphatic rings. The van der Waals surface area contributed by atoms with E-state index in [1.54, 1.807) is 24.3 Å². The van der Waals surface area contributed by atoms with Crippen LogP contribution in [0.2, 0.25) is 5.02 Å².